The molecule has 1 aromatic carbocycles. The minimum Gasteiger partial charge on any atom is -0.274 e. The first-order chi connectivity index (χ1) is 6.59. The third kappa shape index (κ3) is 2.93. The van der Waals surface area contributed by atoms with Crippen molar-refractivity contribution in [3.05, 3.63) is 35.4 Å². The molecule has 1 N–H and O–H groups in total. The lowest BCUT2D eigenvalue weighted by Gasteiger charge is -1.95. The topological polar surface area (TPSA) is 41.5 Å². The molecule has 0 heterocycles. The van der Waals surface area contributed by atoms with E-state index < -0.39 is 11.6 Å². The fraction of sp³-hybridized carbons (Fsp3) is 0.111. The second kappa shape index (κ2) is 4.45. The molecule has 0 unspecified atom stereocenters. The van der Waals surface area contributed by atoms with Crippen LogP contribution in [-0.2, 0) is 4.79 Å². The van der Waals surface area contributed by atoms with E-state index in [0.717, 1.165) is 12.1 Å². The van der Waals surface area contributed by atoms with E-state index in [2.05, 4.69) is 10.5 Å². The number of carbonyl (C=O) groups is 1. The first kappa shape index (κ1) is 10.3. The molecular weight excluding hydrogens is 190 g/mol. The normalized spacial score (nSPS) is 10.5. The van der Waals surface area contributed by atoms with Gasteiger partial charge in [0, 0.05) is 6.92 Å². The summed E-state index contributed by atoms with van der Waals surface area (Å²) in [5, 5.41) is 3.50. The van der Waals surface area contributed by atoms with Gasteiger partial charge in [-0.1, -0.05) is 6.07 Å². The highest BCUT2D eigenvalue weighted by atomic mass is 19.2. The van der Waals surface area contributed by atoms with Gasteiger partial charge in [0.05, 0.1) is 6.21 Å². The highest BCUT2D eigenvalue weighted by Crippen LogP contribution is 2.06. The number of hydrogen-bond acceptors (Lipinski definition) is 2. The van der Waals surface area contributed by atoms with Crippen molar-refractivity contribution in [1.29, 1.82) is 0 Å². The van der Waals surface area contributed by atoms with Crippen molar-refractivity contribution in [3.8, 4) is 0 Å². The van der Waals surface area contributed by atoms with E-state index in [1.165, 1.54) is 19.2 Å². The van der Waals surface area contributed by atoms with Gasteiger partial charge in [-0.3, -0.25) is 4.79 Å². The molecule has 0 saturated carbocycles. The number of nitrogens with one attached hydrogen (secondary N) is 1. The number of hydrogen-bond donors (Lipinski definition) is 1. The van der Waals surface area contributed by atoms with Crippen LogP contribution in [0, 0.1) is 11.6 Å². The third-order valence-electron chi connectivity index (χ3n) is 1.38. The van der Waals surface area contributed by atoms with E-state index in [1.54, 1.807) is 0 Å². The fourth-order valence-electron chi connectivity index (χ4n) is 0.790. The molecule has 0 aromatic heterocycles. The second-order valence-electron chi connectivity index (χ2n) is 2.60. The van der Waals surface area contributed by atoms with Gasteiger partial charge in [0.1, 0.15) is 0 Å². The van der Waals surface area contributed by atoms with Crippen molar-refractivity contribution in [2.75, 3.05) is 0 Å². The van der Waals surface area contributed by atoms with Crippen LogP contribution in [0.4, 0.5) is 8.78 Å². The maximum atomic E-state index is 12.6. The van der Waals surface area contributed by atoms with Crippen LogP contribution in [0.15, 0.2) is 23.3 Å². The maximum Gasteiger partial charge on any atom is 0.236 e. The third-order valence-corrected chi connectivity index (χ3v) is 1.38. The Bertz CT molecular complexity index is 377. The van der Waals surface area contributed by atoms with Gasteiger partial charge in [-0.05, 0) is 17.7 Å². The average molecular weight is 198 g/mol. The summed E-state index contributed by atoms with van der Waals surface area (Å²) in [5.41, 5.74) is 2.52. The van der Waals surface area contributed by atoms with E-state index >= 15 is 0 Å². The van der Waals surface area contributed by atoms with Gasteiger partial charge in [-0.25, -0.2) is 14.2 Å². The summed E-state index contributed by atoms with van der Waals surface area (Å²) in [7, 11) is 0. The van der Waals surface area contributed by atoms with Gasteiger partial charge in [0.25, 0.3) is 0 Å². The molecule has 1 aromatic rings. The van der Waals surface area contributed by atoms with Crippen molar-refractivity contribution in [3.63, 3.8) is 0 Å². The molecule has 0 saturated heterocycles. The number of rotatable bonds is 2. The van der Waals surface area contributed by atoms with E-state index in [-0.39, 0.29) is 5.91 Å². The van der Waals surface area contributed by atoms with Crippen LogP contribution in [0.3, 0.4) is 0 Å². The predicted molar refractivity (Wildman–Crippen MR) is 47.8 cm³/mol. The predicted octanol–water partition coefficient (Wildman–Crippen LogP) is 1.43. The van der Waals surface area contributed by atoms with Gasteiger partial charge in [0.2, 0.25) is 5.91 Å². The molecule has 0 aliphatic rings. The van der Waals surface area contributed by atoms with E-state index in [9.17, 15) is 13.6 Å². The number of hydrazone groups is 1. The minimum atomic E-state index is -0.947. The van der Waals surface area contributed by atoms with Crippen LogP contribution in [0.1, 0.15) is 12.5 Å². The van der Waals surface area contributed by atoms with Gasteiger partial charge in [0.15, 0.2) is 11.6 Å². The van der Waals surface area contributed by atoms with Crippen molar-refractivity contribution >= 4 is 12.1 Å². The molecule has 14 heavy (non-hydrogen) atoms. The smallest absolute Gasteiger partial charge is 0.236 e. The molecule has 0 fully saturated rings. The van der Waals surface area contributed by atoms with Gasteiger partial charge < -0.3 is 0 Å². The molecule has 0 bridgehead atoms. The fourth-order valence-corrected chi connectivity index (χ4v) is 0.790. The van der Waals surface area contributed by atoms with Gasteiger partial charge in [-0.15, -0.1) is 0 Å². The van der Waals surface area contributed by atoms with Crippen LogP contribution in [0.2, 0.25) is 0 Å². The van der Waals surface area contributed by atoms with Gasteiger partial charge >= 0.3 is 0 Å². The summed E-state index contributed by atoms with van der Waals surface area (Å²) in [5.74, 6) is -2.19. The second-order valence-corrected chi connectivity index (χ2v) is 2.60. The summed E-state index contributed by atoms with van der Waals surface area (Å²) in [6.45, 7) is 1.29. The Labute approximate surface area is 79.4 Å². The van der Waals surface area contributed by atoms with Crippen LogP contribution in [0.25, 0.3) is 0 Å². The highest BCUT2D eigenvalue weighted by molar-refractivity contribution is 5.81. The Morgan fingerprint density at radius 3 is 2.71 bits per heavy atom. The van der Waals surface area contributed by atoms with Crippen LogP contribution in [-0.4, -0.2) is 12.1 Å². The van der Waals surface area contributed by atoms with Crippen molar-refractivity contribution in [2.45, 2.75) is 6.92 Å². The monoisotopic (exact) mass is 198 g/mol. The SMILES string of the molecule is CC(=O)N/N=C/c1ccc(F)c(F)c1. The Balaban J connectivity index is 2.73. The molecule has 0 atom stereocenters. The number of carbonyl (C=O) groups excluding carboxylic acids is 1. The molecule has 0 spiro atoms. The largest absolute Gasteiger partial charge is 0.274 e. The van der Waals surface area contributed by atoms with E-state index in [1.807, 2.05) is 0 Å². The molecule has 0 radical (unpaired) electrons. The van der Waals surface area contributed by atoms with Crippen LogP contribution >= 0.6 is 0 Å². The zero-order valence-corrected chi connectivity index (χ0v) is 7.42. The molecule has 5 heteroatoms. The molecule has 1 amide bonds. The number of nitrogens with zero attached hydrogens (tertiary/aromatic N) is 1. The van der Waals surface area contributed by atoms with Gasteiger partial charge in [-0.2, -0.15) is 5.10 Å². The maximum absolute atomic E-state index is 12.6. The van der Waals surface area contributed by atoms with Crippen molar-refractivity contribution < 1.29 is 13.6 Å². The van der Waals surface area contributed by atoms with Crippen LogP contribution in [0.5, 0.6) is 0 Å². The zero-order chi connectivity index (χ0) is 10.6. The quantitative estimate of drug-likeness (QED) is 0.567. The van der Waals surface area contributed by atoms with Crippen LogP contribution < -0.4 is 5.43 Å². The Kier molecular flexibility index (Phi) is 3.28. The lowest BCUT2D eigenvalue weighted by Crippen LogP contribution is -2.12. The minimum absolute atomic E-state index is 0.330. The zero-order valence-electron chi connectivity index (χ0n) is 7.42. The molecule has 0 aliphatic carbocycles. The summed E-state index contributed by atoms with van der Waals surface area (Å²) in [6.07, 6.45) is 1.23. The first-order valence-electron chi connectivity index (χ1n) is 3.84. The first-order valence-corrected chi connectivity index (χ1v) is 3.84. The molecule has 74 valence electrons. The van der Waals surface area contributed by atoms with E-state index in [4.69, 9.17) is 0 Å². The Hall–Kier alpha value is -1.78. The summed E-state index contributed by atoms with van der Waals surface area (Å²) < 4.78 is 25.1. The molecular formula is C9H8F2N2O. The van der Waals surface area contributed by atoms with Crippen molar-refractivity contribution in [2.24, 2.45) is 5.10 Å². The number of amides is 1. The lowest BCUT2D eigenvalue weighted by atomic mass is 10.2. The summed E-state index contributed by atoms with van der Waals surface area (Å²) >= 11 is 0. The number of halogens is 2. The lowest BCUT2D eigenvalue weighted by molar-refractivity contribution is -0.118. The standard InChI is InChI=1S/C9H8F2N2O/c1-6(14)13-12-5-7-2-3-8(10)9(11)4-7/h2-5H,1H3,(H,13,14)/b12-5+. The molecule has 1 rings (SSSR count). The Morgan fingerprint density at radius 1 is 1.43 bits per heavy atom. The highest BCUT2D eigenvalue weighted by Gasteiger charge is 2.00. The molecule has 0 aliphatic heterocycles. The summed E-state index contributed by atoms with van der Waals surface area (Å²) in [4.78, 5) is 10.4. The Morgan fingerprint density at radius 2 is 2.14 bits per heavy atom. The average Bonchev–Trinajstić information content (AvgIpc) is 2.10. The number of benzene rings is 1. The van der Waals surface area contributed by atoms with E-state index in [0.29, 0.717) is 5.56 Å². The summed E-state index contributed by atoms with van der Waals surface area (Å²) in [6, 6.07) is 3.33. The molecule has 3 nitrogen and oxygen atoms in total. The van der Waals surface area contributed by atoms with Crippen molar-refractivity contribution in [1.82, 2.24) is 5.43 Å².